The molecule has 1 unspecified atom stereocenters. The third-order valence-electron chi connectivity index (χ3n) is 6.53. The van der Waals surface area contributed by atoms with Crippen LogP contribution in [0.15, 0.2) is 60.7 Å². The third-order valence-corrected chi connectivity index (χ3v) is 6.53. The van der Waals surface area contributed by atoms with Crippen LogP contribution < -0.4 is 10.2 Å². The van der Waals surface area contributed by atoms with Gasteiger partial charge in [0.25, 0.3) is 5.91 Å². The van der Waals surface area contributed by atoms with E-state index in [4.69, 9.17) is 0 Å². The maximum absolute atomic E-state index is 13.3. The molecule has 34 heavy (non-hydrogen) atoms. The molecule has 1 aliphatic heterocycles. The van der Waals surface area contributed by atoms with Crippen molar-refractivity contribution in [3.63, 3.8) is 0 Å². The number of nitrogens with zero attached hydrogens (tertiary/aromatic N) is 2. The molecule has 0 spiro atoms. The number of carbonyl (C=O) groups is 3. The van der Waals surface area contributed by atoms with Crippen LogP contribution in [-0.4, -0.2) is 42.3 Å². The maximum Gasteiger partial charge on any atom is 0.258 e. The van der Waals surface area contributed by atoms with E-state index in [1.807, 2.05) is 74.5 Å². The van der Waals surface area contributed by atoms with Gasteiger partial charge in [-0.3, -0.25) is 14.4 Å². The summed E-state index contributed by atoms with van der Waals surface area (Å²) in [6.45, 7) is 4.76. The van der Waals surface area contributed by atoms with Crippen molar-refractivity contribution < 1.29 is 14.4 Å². The molecule has 176 valence electrons. The smallest absolute Gasteiger partial charge is 0.258 e. The van der Waals surface area contributed by atoms with Gasteiger partial charge in [0.1, 0.15) is 6.04 Å². The number of carbonyl (C=O) groups excluding carboxylic acids is 3. The lowest BCUT2D eigenvalue weighted by atomic mass is 10.1. The van der Waals surface area contributed by atoms with E-state index < -0.39 is 6.04 Å². The van der Waals surface area contributed by atoms with Crippen LogP contribution in [0, 0.1) is 6.92 Å². The Balaban J connectivity index is 1.47. The van der Waals surface area contributed by atoms with Crippen LogP contribution in [0.1, 0.15) is 47.7 Å². The first-order valence-electron chi connectivity index (χ1n) is 11.8. The van der Waals surface area contributed by atoms with Gasteiger partial charge in [0.05, 0.1) is 5.69 Å². The lowest BCUT2D eigenvalue weighted by Crippen LogP contribution is -2.48. The van der Waals surface area contributed by atoms with Crippen LogP contribution in [0.4, 0.5) is 5.69 Å². The molecule has 0 radical (unpaired) electrons. The molecule has 0 fully saturated rings. The molecule has 6 nitrogen and oxygen atoms in total. The molecule has 3 aromatic carbocycles. The van der Waals surface area contributed by atoms with Gasteiger partial charge in [0.15, 0.2) is 0 Å². The minimum absolute atomic E-state index is 0.0208. The number of anilines is 1. The fraction of sp³-hybridized carbons (Fsp3) is 0.321. The van der Waals surface area contributed by atoms with Gasteiger partial charge >= 0.3 is 0 Å². The van der Waals surface area contributed by atoms with Crippen molar-refractivity contribution >= 4 is 34.2 Å². The van der Waals surface area contributed by atoms with Gasteiger partial charge in [-0.25, -0.2) is 0 Å². The second-order valence-electron chi connectivity index (χ2n) is 8.79. The molecule has 0 saturated carbocycles. The summed E-state index contributed by atoms with van der Waals surface area (Å²) in [6, 6.07) is 19.2. The number of aryl methyl sites for hydroxylation is 1. The highest BCUT2D eigenvalue weighted by Gasteiger charge is 2.31. The highest BCUT2D eigenvalue weighted by Crippen LogP contribution is 2.37. The number of hydrogen-bond acceptors (Lipinski definition) is 3. The van der Waals surface area contributed by atoms with Gasteiger partial charge in [0.2, 0.25) is 11.8 Å². The summed E-state index contributed by atoms with van der Waals surface area (Å²) in [5.41, 5.74) is 3.74. The Morgan fingerprint density at radius 2 is 1.74 bits per heavy atom. The molecule has 0 aromatic heterocycles. The molecule has 1 N–H and O–H groups in total. The molecule has 0 aliphatic carbocycles. The Morgan fingerprint density at radius 1 is 1.03 bits per heavy atom. The van der Waals surface area contributed by atoms with E-state index >= 15 is 0 Å². The largest absolute Gasteiger partial charge is 0.357 e. The SMILES string of the molecule is CCC(C(=O)NC)N(Cc1ccc(C)cc1)C(=O)CCCN1C(=O)c2cccc3cccc1c23. The topological polar surface area (TPSA) is 69.7 Å². The number of hydrogen-bond donors (Lipinski definition) is 1. The van der Waals surface area contributed by atoms with Crippen molar-refractivity contribution in [2.45, 2.75) is 45.7 Å². The van der Waals surface area contributed by atoms with Crippen molar-refractivity contribution in [2.75, 3.05) is 18.5 Å². The molecular weight excluding hydrogens is 426 g/mol. The van der Waals surface area contributed by atoms with Crippen LogP contribution in [0.5, 0.6) is 0 Å². The van der Waals surface area contributed by atoms with E-state index in [9.17, 15) is 14.4 Å². The van der Waals surface area contributed by atoms with Gasteiger partial charge in [-0.15, -0.1) is 0 Å². The average Bonchev–Trinajstić information content (AvgIpc) is 3.13. The Bertz CT molecular complexity index is 1210. The summed E-state index contributed by atoms with van der Waals surface area (Å²) in [5, 5.41) is 4.71. The van der Waals surface area contributed by atoms with E-state index in [1.54, 1.807) is 16.8 Å². The van der Waals surface area contributed by atoms with Crippen molar-refractivity contribution in [3.05, 3.63) is 77.4 Å². The molecule has 6 heteroatoms. The lowest BCUT2D eigenvalue weighted by Gasteiger charge is -2.30. The summed E-state index contributed by atoms with van der Waals surface area (Å²) < 4.78 is 0. The number of rotatable bonds is 9. The summed E-state index contributed by atoms with van der Waals surface area (Å²) in [7, 11) is 1.59. The summed E-state index contributed by atoms with van der Waals surface area (Å²) in [5.74, 6) is -0.272. The monoisotopic (exact) mass is 457 g/mol. The Hall–Kier alpha value is -3.67. The quantitative estimate of drug-likeness (QED) is 0.516. The number of likely N-dealkylation sites (N-methyl/N-ethyl adjacent to an activating group) is 1. The Kier molecular flexibility index (Phi) is 6.96. The third kappa shape index (κ3) is 4.53. The van der Waals surface area contributed by atoms with E-state index in [2.05, 4.69) is 5.32 Å². The van der Waals surface area contributed by atoms with Gasteiger partial charge in [-0.2, -0.15) is 0 Å². The van der Waals surface area contributed by atoms with Gasteiger partial charge in [0, 0.05) is 37.5 Å². The summed E-state index contributed by atoms with van der Waals surface area (Å²) in [4.78, 5) is 42.3. The normalized spacial score (nSPS) is 13.3. The molecule has 1 heterocycles. The molecular formula is C28H31N3O3. The minimum Gasteiger partial charge on any atom is -0.357 e. The molecule has 3 amide bonds. The summed E-state index contributed by atoms with van der Waals surface area (Å²) >= 11 is 0. The van der Waals surface area contributed by atoms with Crippen molar-refractivity contribution in [3.8, 4) is 0 Å². The summed E-state index contributed by atoms with van der Waals surface area (Å²) in [6.07, 6.45) is 1.30. The standard InChI is InChI=1S/C28H31N3O3/c1-4-23(27(33)29-3)31(18-20-15-13-19(2)14-16-20)25(32)12-7-17-30-24-11-6-9-21-8-5-10-22(26(21)24)28(30)34/h5-6,8-11,13-16,23H,4,7,12,17-18H2,1-3H3,(H,29,33). The number of benzene rings is 3. The predicted molar refractivity (Wildman–Crippen MR) is 135 cm³/mol. The van der Waals surface area contributed by atoms with Crippen LogP contribution in [0.2, 0.25) is 0 Å². The van der Waals surface area contributed by atoms with Gasteiger partial charge < -0.3 is 15.1 Å². The highest BCUT2D eigenvalue weighted by molar-refractivity contribution is 6.25. The second kappa shape index (κ2) is 10.1. The molecule has 4 rings (SSSR count). The zero-order valence-electron chi connectivity index (χ0n) is 20.0. The van der Waals surface area contributed by atoms with E-state index in [0.29, 0.717) is 31.5 Å². The van der Waals surface area contributed by atoms with Gasteiger partial charge in [-0.05, 0) is 42.8 Å². The first-order chi connectivity index (χ1) is 16.4. The van der Waals surface area contributed by atoms with E-state index in [1.165, 1.54) is 0 Å². The minimum atomic E-state index is -0.537. The molecule has 0 saturated heterocycles. The predicted octanol–water partition coefficient (Wildman–Crippen LogP) is 4.44. The van der Waals surface area contributed by atoms with E-state index in [-0.39, 0.29) is 24.1 Å². The zero-order chi connectivity index (χ0) is 24.2. The number of amides is 3. The molecule has 0 bridgehead atoms. The van der Waals surface area contributed by atoms with Crippen LogP contribution in [0.25, 0.3) is 10.8 Å². The van der Waals surface area contributed by atoms with Crippen molar-refractivity contribution in [1.82, 2.24) is 10.2 Å². The first-order valence-corrected chi connectivity index (χ1v) is 11.8. The van der Waals surface area contributed by atoms with Crippen LogP contribution >= 0.6 is 0 Å². The zero-order valence-corrected chi connectivity index (χ0v) is 20.0. The molecule has 3 aromatic rings. The average molecular weight is 458 g/mol. The maximum atomic E-state index is 13.3. The highest BCUT2D eigenvalue weighted by atomic mass is 16.2. The fourth-order valence-electron chi connectivity index (χ4n) is 4.71. The number of nitrogens with one attached hydrogen (secondary N) is 1. The Morgan fingerprint density at radius 3 is 2.41 bits per heavy atom. The molecule has 1 atom stereocenters. The molecule has 1 aliphatic rings. The van der Waals surface area contributed by atoms with Gasteiger partial charge in [-0.1, -0.05) is 61.0 Å². The van der Waals surface area contributed by atoms with E-state index in [0.717, 1.165) is 27.6 Å². The Labute approximate surface area is 200 Å². The van der Waals surface area contributed by atoms with Crippen LogP contribution in [0.3, 0.4) is 0 Å². The van der Waals surface area contributed by atoms with Crippen molar-refractivity contribution in [2.24, 2.45) is 0 Å². The fourth-order valence-corrected chi connectivity index (χ4v) is 4.71. The second-order valence-corrected chi connectivity index (χ2v) is 8.79. The van der Waals surface area contributed by atoms with Crippen LogP contribution in [-0.2, 0) is 16.1 Å². The first kappa shape index (κ1) is 23.5. The lowest BCUT2D eigenvalue weighted by molar-refractivity contribution is -0.141. The van der Waals surface area contributed by atoms with Crippen molar-refractivity contribution in [1.29, 1.82) is 0 Å².